The molecule has 0 saturated heterocycles. The maximum Gasteiger partial charge on any atom is 0.341 e. The number of aliphatic carboxylic acids is 1. The number of carbonyl (C=O) groups is 2. The summed E-state index contributed by atoms with van der Waals surface area (Å²) in [6, 6.07) is 0.436. The molecule has 112 valence electrons. The minimum atomic E-state index is -1.48. The second-order valence-electron chi connectivity index (χ2n) is 3.31. The zero-order valence-electron chi connectivity index (χ0n) is 11.0. The smallest absolute Gasteiger partial charge is 0.341 e. The predicted octanol–water partition coefficient (Wildman–Crippen LogP) is 2.38. The van der Waals surface area contributed by atoms with Crippen LogP contribution in [0.25, 0.3) is 0 Å². The molecule has 1 N–H and O–H groups in total. The number of esters is 1. The molecule has 0 bridgehead atoms. The summed E-state index contributed by atoms with van der Waals surface area (Å²) in [5.74, 6) is -6.98. The van der Waals surface area contributed by atoms with Crippen molar-refractivity contribution >= 4 is 11.9 Å². The highest BCUT2D eigenvalue weighted by Gasteiger charge is 2.24. The van der Waals surface area contributed by atoms with E-state index in [1.807, 2.05) is 0 Å². The molecule has 0 spiro atoms. The Morgan fingerprint density at radius 2 is 1.75 bits per heavy atom. The number of methoxy groups -OCH3 is 1. The molecule has 0 fully saturated rings. The van der Waals surface area contributed by atoms with Crippen LogP contribution in [0.1, 0.15) is 24.2 Å². The molecule has 0 heterocycles. The van der Waals surface area contributed by atoms with Crippen LogP contribution in [0.5, 0.6) is 5.75 Å². The molecule has 0 amide bonds. The molecule has 8 heteroatoms. The Morgan fingerprint density at radius 1 is 1.25 bits per heavy atom. The fourth-order valence-corrected chi connectivity index (χ4v) is 1.12. The molecule has 20 heavy (non-hydrogen) atoms. The summed E-state index contributed by atoms with van der Waals surface area (Å²) in [7, 11) is 0.968. The molecule has 1 rings (SSSR count). The summed E-state index contributed by atoms with van der Waals surface area (Å²) < 4.78 is 48.2. The third kappa shape index (κ3) is 4.79. The highest BCUT2D eigenvalue weighted by molar-refractivity contribution is 5.90. The summed E-state index contributed by atoms with van der Waals surface area (Å²) in [4.78, 5) is 20.2. The molecule has 0 saturated carbocycles. The first-order valence-electron chi connectivity index (χ1n) is 5.34. The summed E-state index contributed by atoms with van der Waals surface area (Å²) in [5, 5.41) is 7.42. The van der Waals surface area contributed by atoms with Crippen molar-refractivity contribution in [3.63, 3.8) is 0 Å². The normalized spacial score (nSPS) is 9.30. The first kappa shape index (κ1) is 17.8. The highest BCUT2D eigenvalue weighted by atomic mass is 19.2. The molecule has 1 aromatic rings. The zero-order valence-corrected chi connectivity index (χ0v) is 11.0. The van der Waals surface area contributed by atoms with Crippen molar-refractivity contribution in [3.8, 4) is 5.75 Å². The van der Waals surface area contributed by atoms with Crippen molar-refractivity contribution in [2.45, 2.75) is 13.8 Å². The molecule has 0 unspecified atom stereocenters. The molecule has 0 atom stereocenters. The van der Waals surface area contributed by atoms with Gasteiger partial charge in [0.15, 0.2) is 17.4 Å². The minimum Gasteiger partial charge on any atom is -0.491 e. The van der Waals surface area contributed by atoms with Crippen molar-refractivity contribution in [1.29, 1.82) is 0 Å². The van der Waals surface area contributed by atoms with E-state index in [0.717, 1.165) is 14.0 Å². The molecular weight excluding hydrogens is 281 g/mol. The van der Waals surface area contributed by atoms with Gasteiger partial charge in [-0.3, -0.25) is 4.79 Å². The number of carbonyl (C=O) groups excluding carboxylic acids is 1. The van der Waals surface area contributed by atoms with Gasteiger partial charge in [0.1, 0.15) is 5.56 Å². The van der Waals surface area contributed by atoms with E-state index >= 15 is 0 Å². The predicted molar refractivity (Wildman–Crippen MR) is 62.1 cm³/mol. The number of hydrogen-bond acceptors (Lipinski definition) is 4. The second-order valence-corrected chi connectivity index (χ2v) is 3.31. The topological polar surface area (TPSA) is 72.8 Å². The third-order valence-corrected chi connectivity index (χ3v) is 1.82. The van der Waals surface area contributed by atoms with E-state index in [-0.39, 0.29) is 6.61 Å². The Bertz CT molecular complexity index is 498. The summed E-state index contributed by atoms with van der Waals surface area (Å²) in [5.41, 5.74) is -0.697. The van der Waals surface area contributed by atoms with E-state index in [9.17, 15) is 18.0 Å². The molecule has 1 aromatic carbocycles. The van der Waals surface area contributed by atoms with E-state index in [2.05, 4.69) is 9.47 Å². The van der Waals surface area contributed by atoms with Gasteiger partial charge < -0.3 is 14.6 Å². The lowest BCUT2D eigenvalue weighted by Gasteiger charge is -2.08. The third-order valence-electron chi connectivity index (χ3n) is 1.82. The Labute approximate surface area is 112 Å². The van der Waals surface area contributed by atoms with Gasteiger partial charge in [-0.25, -0.2) is 13.6 Å². The average Bonchev–Trinajstić information content (AvgIpc) is 2.34. The lowest BCUT2D eigenvalue weighted by atomic mass is 10.2. The number of carboxylic acids is 1. The van der Waals surface area contributed by atoms with Crippen molar-refractivity contribution in [2.75, 3.05) is 13.7 Å². The first-order valence-corrected chi connectivity index (χ1v) is 5.34. The number of hydrogen-bond donors (Lipinski definition) is 1. The molecule has 0 radical (unpaired) electrons. The number of halogens is 3. The average molecular weight is 294 g/mol. The summed E-state index contributed by atoms with van der Waals surface area (Å²) in [6.07, 6.45) is 0. The van der Waals surface area contributed by atoms with E-state index < -0.39 is 40.7 Å². The van der Waals surface area contributed by atoms with Gasteiger partial charge in [0.2, 0.25) is 5.82 Å². The monoisotopic (exact) mass is 294 g/mol. The van der Waals surface area contributed by atoms with Gasteiger partial charge >= 0.3 is 5.97 Å². The lowest BCUT2D eigenvalue weighted by molar-refractivity contribution is -0.134. The zero-order chi connectivity index (χ0) is 15.9. The highest BCUT2D eigenvalue weighted by Crippen LogP contribution is 2.27. The van der Waals surface area contributed by atoms with Gasteiger partial charge in [0, 0.05) is 6.92 Å². The van der Waals surface area contributed by atoms with Gasteiger partial charge in [-0.15, -0.1) is 0 Å². The largest absolute Gasteiger partial charge is 0.491 e. The van der Waals surface area contributed by atoms with Crippen LogP contribution in [0.2, 0.25) is 0 Å². The molecular formula is C12H13F3O5. The van der Waals surface area contributed by atoms with Crippen LogP contribution < -0.4 is 4.74 Å². The Kier molecular flexibility index (Phi) is 7.12. The summed E-state index contributed by atoms with van der Waals surface area (Å²) >= 11 is 0. The van der Waals surface area contributed by atoms with Crippen LogP contribution in [0.3, 0.4) is 0 Å². The minimum absolute atomic E-state index is 0.000412. The van der Waals surface area contributed by atoms with E-state index in [0.29, 0.717) is 6.07 Å². The molecule has 0 aliphatic carbocycles. The SMILES string of the molecule is CC(=O)O.CCOC(=O)c1cc(F)c(F)c(OC)c1F. The fourth-order valence-electron chi connectivity index (χ4n) is 1.12. The van der Waals surface area contributed by atoms with Crippen LogP contribution in [0, 0.1) is 17.5 Å². The standard InChI is InChI=1S/C10H9F3O3.C2H4O2/c1-3-16-10(14)5-4-6(11)8(13)9(15-2)7(5)12;1-2(3)4/h4H,3H2,1-2H3;1H3,(H,3,4). The summed E-state index contributed by atoms with van der Waals surface area (Å²) in [6.45, 7) is 2.59. The second kappa shape index (κ2) is 8.03. The van der Waals surface area contributed by atoms with E-state index in [1.54, 1.807) is 0 Å². The van der Waals surface area contributed by atoms with Gasteiger partial charge in [-0.2, -0.15) is 4.39 Å². The Morgan fingerprint density at radius 3 is 2.15 bits per heavy atom. The van der Waals surface area contributed by atoms with Crippen LogP contribution in [0.4, 0.5) is 13.2 Å². The van der Waals surface area contributed by atoms with Gasteiger partial charge in [0.25, 0.3) is 5.97 Å². The van der Waals surface area contributed by atoms with E-state index in [4.69, 9.17) is 9.90 Å². The number of rotatable bonds is 3. The van der Waals surface area contributed by atoms with Crippen LogP contribution in [0.15, 0.2) is 6.07 Å². The number of benzene rings is 1. The van der Waals surface area contributed by atoms with Crippen LogP contribution in [-0.4, -0.2) is 30.8 Å². The Balaban J connectivity index is 0.000000796. The molecule has 0 aromatic heterocycles. The first-order chi connectivity index (χ1) is 9.26. The molecule has 0 aliphatic rings. The van der Waals surface area contributed by atoms with Crippen molar-refractivity contribution in [3.05, 3.63) is 29.1 Å². The lowest BCUT2D eigenvalue weighted by Crippen LogP contribution is -2.10. The maximum atomic E-state index is 13.5. The van der Waals surface area contributed by atoms with Gasteiger partial charge in [0.05, 0.1) is 13.7 Å². The van der Waals surface area contributed by atoms with Gasteiger partial charge in [-0.1, -0.05) is 0 Å². The fraction of sp³-hybridized carbons (Fsp3) is 0.333. The van der Waals surface area contributed by atoms with Crippen LogP contribution in [-0.2, 0) is 9.53 Å². The quantitative estimate of drug-likeness (QED) is 0.684. The van der Waals surface area contributed by atoms with Crippen molar-refractivity contribution in [2.24, 2.45) is 0 Å². The Hall–Kier alpha value is -2.25. The van der Waals surface area contributed by atoms with Gasteiger partial charge in [-0.05, 0) is 13.0 Å². The number of carboxylic acid groups (broad SMARTS) is 1. The maximum absolute atomic E-state index is 13.5. The molecule has 0 aliphatic heterocycles. The number of ether oxygens (including phenoxy) is 2. The molecule has 5 nitrogen and oxygen atoms in total. The van der Waals surface area contributed by atoms with Crippen molar-refractivity contribution < 1.29 is 37.3 Å². The van der Waals surface area contributed by atoms with E-state index in [1.165, 1.54) is 6.92 Å². The van der Waals surface area contributed by atoms with Crippen molar-refractivity contribution in [1.82, 2.24) is 0 Å². The van der Waals surface area contributed by atoms with Crippen LogP contribution >= 0.6 is 0 Å².